The number of hydrogen-bond donors (Lipinski definition) is 3. The predicted octanol–water partition coefficient (Wildman–Crippen LogP) is 0.945. The van der Waals surface area contributed by atoms with Crippen molar-refractivity contribution in [1.29, 1.82) is 0 Å². The second kappa shape index (κ2) is 7.06. The number of anilines is 1. The SMILES string of the molecule is CC(C)c1cc(C(=O)N(C)CCCO)cc(NN)n1. The summed E-state index contributed by atoms with van der Waals surface area (Å²) in [5, 5.41) is 8.79. The van der Waals surface area contributed by atoms with Gasteiger partial charge >= 0.3 is 0 Å². The molecule has 1 aromatic rings. The van der Waals surface area contributed by atoms with Gasteiger partial charge in [0.05, 0.1) is 0 Å². The van der Waals surface area contributed by atoms with E-state index >= 15 is 0 Å². The summed E-state index contributed by atoms with van der Waals surface area (Å²) < 4.78 is 0. The normalized spacial score (nSPS) is 10.6. The molecule has 0 fully saturated rings. The minimum absolute atomic E-state index is 0.0703. The molecule has 4 N–H and O–H groups in total. The predicted molar refractivity (Wildman–Crippen MR) is 74.8 cm³/mol. The van der Waals surface area contributed by atoms with Gasteiger partial charge in [-0.25, -0.2) is 10.8 Å². The fourth-order valence-corrected chi connectivity index (χ4v) is 1.67. The molecule has 6 heteroatoms. The Balaban J connectivity index is 2.98. The van der Waals surface area contributed by atoms with Gasteiger partial charge in [-0.15, -0.1) is 0 Å². The molecule has 0 aliphatic carbocycles. The molecule has 0 radical (unpaired) electrons. The zero-order chi connectivity index (χ0) is 14.4. The Morgan fingerprint density at radius 2 is 2.21 bits per heavy atom. The van der Waals surface area contributed by atoms with Gasteiger partial charge in [0.25, 0.3) is 5.91 Å². The number of aliphatic hydroxyl groups is 1. The number of hydrazine groups is 1. The second-order valence-corrected chi connectivity index (χ2v) is 4.77. The van der Waals surface area contributed by atoms with E-state index in [1.54, 1.807) is 24.1 Å². The van der Waals surface area contributed by atoms with Gasteiger partial charge in [0.2, 0.25) is 0 Å². The molecule has 0 spiro atoms. The molecule has 6 nitrogen and oxygen atoms in total. The molecule has 0 saturated carbocycles. The molecule has 0 atom stereocenters. The quantitative estimate of drug-likeness (QED) is 0.526. The summed E-state index contributed by atoms with van der Waals surface area (Å²) in [6, 6.07) is 3.41. The van der Waals surface area contributed by atoms with Crippen molar-refractivity contribution in [3.8, 4) is 0 Å². The lowest BCUT2D eigenvalue weighted by molar-refractivity contribution is 0.0786. The molecule has 1 amide bonds. The molecule has 106 valence electrons. The highest BCUT2D eigenvalue weighted by atomic mass is 16.3. The maximum absolute atomic E-state index is 12.2. The van der Waals surface area contributed by atoms with Crippen LogP contribution in [0.4, 0.5) is 5.82 Å². The number of pyridine rings is 1. The first-order valence-electron chi connectivity index (χ1n) is 6.34. The number of carbonyl (C=O) groups is 1. The van der Waals surface area contributed by atoms with Gasteiger partial charge in [-0.1, -0.05) is 13.8 Å². The van der Waals surface area contributed by atoms with Crippen LogP contribution in [-0.4, -0.2) is 41.1 Å². The molecule has 0 bridgehead atoms. The Kier molecular flexibility index (Phi) is 5.72. The van der Waals surface area contributed by atoms with E-state index in [2.05, 4.69) is 10.4 Å². The highest BCUT2D eigenvalue weighted by Crippen LogP contribution is 2.18. The molecule has 1 heterocycles. The number of nitrogens with one attached hydrogen (secondary N) is 1. The molecule has 1 aromatic heterocycles. The first-order chi connectivity index (χ1) is 8.99. The zero-order valence-electron chi connectivity index (χ0n) is 11.7. The minimum atomic E-state index is -0.103. The molecule has 0 unspecified atom stereocenters. The van der Waals surface area contributed by atoms with Crippen molar-refractivity contribution in [2.75, 3.05) is 25.6 Å². The average Bonchev–Trinajstić information content (AvgIpc) is 2.43. The van der Waals surface area contributed by atoms with Crippen molar-refractivity contribution in [2.24, 2.45) is 5.84 Å². The van der Waals surface area contributed by atoms with Gasteiger partial charge in [-0.3, -0.25) is 4.79 Å². The monoisotopic (exact) mass is 266 g/mol. The first-order valence-corrected chi connectivity index (χ1v) is 6.34. The molecular weight excluding hydrogens is 244 g/mol. The Bertz CT molecular complexity index is 435. The van der Waals surface area contributed by atoms with E-state index in [-0.39, 0.29) is 18.4 Å². The third-order valence-corrected chi connectivity index (χ3v) is 2.83. The lowest BCUT2D eigenvalue weighted by atomic mass is 10.1. The smallest absolute Gasteiger partial charge is 0.253 e. The number of nitrogen functional groups attached to an aromatic ring is 1. The van der Waals surface area contributed by atoms with Crippen LogP contribution in [0.15, 0.2) is 12.1 Å². The van der Waals surface area contributed by atoms with Crippen LogP contribution in [0.1, 0.15) is 42.2 Å². The lowest BCUT2D eigenvalue weighted by Gasteiger charge is -2.18. The summed E-state index contributed by atoms with van der Waals surface area (Å²) in [6.45, 7) is 4.60. The van der Waals surface area contributed by atoms with Crippen molar-refractivity contribution in [2.45, 2.75) is 26.2 Å². The van der Waals surface area contributed by atoms with E-state index in [4.69, 9.17) is 10.9 Å². The molecule has 0 aliphatic heterocycles. The van der Waals surface area contributed by atoms with Gasteiger partial charge in [0.1, 0.15) is 5.82 Å². The van der Waals surface area contributed by atoms with Crippen molar-refractivity contribution >= 4 is 11.7 Å². The zero-order valence-corrected chi connectivity index (χ0v) is 11.7. The van der Waals surface area contributed by atoms with E-state index in [9.17, 15) is 4.79 Å². The van der Waals surface area contributed by atoms with Gasteiger partial charge in [-0.2, -0.15) is 0 Å². The third kappa shape index (κ3) is 4.18. The van der Waals surface area contributed by atoms with Gasteiger partial charge in [0.15, 0.2) is 0 Å². The van der Waals surface area contributed by atoms with Crippen LogP contribution in [-0.2, 0) is 0 Å². The van der Waals surface area contributed by atoms with Crippen molar-refractivity contribution in [3.05, 3.63) is 23.4 Å². The van der Waals surface area contributed by atoms with Crippen LogP contribution in [0.5, 0.6) is 0 Å². The number of aromatic nitrogens is 1. The minimum Gasteiger partial charge on any atom is -0.396 e. The number of amides is 1. The molecule has 1 rings (SSSR count). The standard InChI is InChI=1S/C13H22N4O2/c1-9(2)11-7-10(8-12(15-11)16-14)13(19)17(3)5-4-6-18/h7-9,18H,4-6,14H2,1-3H3,(H,15,16). The van der Waals surface area contributed by atoms with Crippen molar-refractivity contribution in [3.63, 3.8) is 0 Å². The van der Waals surface area contributed by atoms with E-state index < -0.39 is 0 Å². The highest BCUT2D eigenvalue weighted by molar-refractivity contribution is 5.94. The largest absolute Gasteiger partial charge is 0.396 e. The Morgan fingerprint density at radius 1 is 1.53 bits per heavy atom. The van der Waals surface area contributed by atoms with Gasteiger partial charge < -0.3 is 15.4 Å². The van der Waals surface area contributed by atoms with E-state index in [0.29, 0.717) is 24.3 Å². The average molecular weight is 266 g/mol. The van der Waals surface area contributed by atoms with Crippen LogP contribution >= 0.6 is 0 Å². The first kappa shape index (κ1) is 15.4. The number of aliphatic hydroxyl groups excluding tert-OH is 1. The number of nitrogens with two attached hydrogens (primary N) is 1. The number of hydrogen-bond acceptors (Lipinski definition) is 5. The van der Waals surface area contributed by atoms with Crippen molar-refractivity contribution in [1.82, 2.24) is 9.88 Å². The van der Waals surface area contributed by atoms with Gasteiger partial charge in [0, 0.05) is 31.5 Å². The summed E-state index contributed by atoms with van der Waals surface area (Å²) in [6.07, 6.45) is 0.562. The lowest BCUT2D eigenvalue weighted by Crippen LogP contribution is -2.28. The summed E-state index contributed by atoms with van der Waals surface area (Å²) in [4.78, 5) is 18.1. The van der Waals surface area contributed by atoms with Gasteiger partial charge in [-0.05, 0) is 24.5 Å². The van der Waals surface area contributed by atoms with E-state index in [0.717, 1.165) is 5.69 Å². The number of rotatable bonds is 6. The summed E-state index contributed by atoms with van der Waals surface area (Å²) in [7, 11) is 1.71. The maximum Gasteiger partial charge on any atom is 0.253 e. The number of carbonyl (C=O) groups excluding carboxylic acids is 1. The Morgan fingerprint density at radius 3 is 2.74 bits per heavy atom. The Hall–Kier alpha value is -1.66. The summed E-state index contributed by atoms with van der Waals surface area (Å²) in [5.41, 5.74) is 3.84. The molecule has 0 aromatic carbocycles. The third-order valence-electron chi connectivity index (χ3n) is 2.83. The fraction of sp³-hybridized carbons (Fsp3) is 0.538. The van der Waals surface area contributed by atoms with Crippen molar-refractivity contribution < 1.29 is 9.90 Å². The van der Waals surface area contributed by atoms with Crippen LogP contribution in [0, 0.1) is 0 Å². The van der Waals surface area contributed by atoms with E-state index in [1.807, 2.05) is 13.8 Å². The van der Waals surface area contributed by atoms with Crippen LogP contribution in [0.3, 0.4) is 0 Å². The molecule has 19 heavy (non-hydrogen) atoms. The number of nitrogens with zero attached hydrogens (tertiary/aromatic N) is 2. The van der Waals surface area contributed by atoms with Crippen LogP contribution in [0.25, 0.3) is 0 Å². The molecular formula is C13H22N4O2. The summed E-state index contributed by atoms with van der Waals surface area (Å²) >= 11 is 0. The Labute approximate surface area is 113 Å². The highest BCUT2D eigenvalue weighted by Gasteiger charge is 2.15. The topological polar surface area (TPSA) is 91.5 Å². The van der Waals surface area contributed by atoms with E-state index in [1.165, 1.54) is 0 Å². The van der Waals surface area contributed by atoms with Crippen LogP contribution in [0.2, 0.25) is 0 Å². The maximum atomic E-state index is 12.2. The molecule has 0 saturated heterocycles. The van der Waals surface area contributed by atoms with Crippen LogP contribution < -0.4 is 11.3 Å². The summed E-state index contributed by atoms with van der Waals surface area (Å²) in [5.74, 6) is 5.96. The molecule has 0 aliphatic rings. The second-order valence-electron chi connectivity index (χ2n) is 4.77. The fourth-order valence-electron chi connectivity index (χ4n) is 1.67.